The number of amides is 7. The molecule has 2 aliphatic rings. The fraction of sp³-hybridized carbons (Fsp3) is 0.340. The molecule has 80 heavy (non-hydrogen) atoms. The number of carbonyl (C=O) groups is 5. The Morgan fingerprint density at radius 1 is 0.825 bits per heavy atom. The maximum Gasteiger partial charge on any atom is 0.427 e. The number of nitrogens with zero attached hydrogens (tertiary/aromatic N) is 8. The van der Waals surface area contributed by atoms with Crippen molar-refractivity contribution in [1.82, 2.24) is 44.2 Å². The first-order valence-corrected chi connectivity index (χ1v) is 26.5. The Morgan fingerprint density at radius 3 is 1.99 bits per heavy atom. The molecule has 3 aromatic heterocycles. The summed E-state index contributed by atoms with van der Waals surface area (Å²) in [5, 5.41) is 3.77. The van der Waals surface area contributed by atoms with E-state index in [1.807, 2.05) is 0 Å². The lowest BCUT2D eigenvalue weighted by molar-refractivity contribution is -0.134. The summed E-state index contributed by atoms with van der Waals surface area (Å²) in [4.78, 5) is 84.8. The van der Waals surface area contributed by atoms with E-state index < -0.39 is 84.8 Å². The number of nitrogens with one attached hydrogen (secondary N) is 4. The molecule has 7 rings (SSSR count). The van der Waals surface area contributed by atoms with E-state index in [0.29, 0.717) is 10.5 Å². The highest BCUT2D eigenvalue weighted by molar-refractivity contribution is 7.90. The van der Waals surface area contributed by atoms with Gasteiger partial charge in [-0.1, -0.05) is 29.8 Å². The van der Waals surface area contributed by atoms with E-state index in [0.717, 1.165) is 37.8 Å². The molecule has 0 unspecified atom stereocenters. The molecule has 0 radical (unpaired) electrons. The van der Waals surface area contributed by atoms with Gasteiger partial charge in [-0.15, -0.1) is 0 Å². The second-order valence-corrected chi connectivity index (χ2v) is 20.6. The first-order valence-electron chi connectivity index (χ1n) is 23.2. The van der Waals surface area contributed by atoms with Gasteiger partial charge in [-0.05, 0) is 88.3 Å². The highest BCUT2D eigenvalue weighted by atomic mass is 35.5. The van der Waals surface area contributed by atoms with Gasteiger partial charge in [0.25, 0.3) is 26.0 Å². The summed E-state index contributed by atoms with van der Waals surface area (Å²) in [6, 6.07) is 9.04. The minimum Gasteiger partial charge on any atom is -0.489 e. The first kappa shape index (κ1) is 62.3. The van der Waals surface area contributed by atoms with Crippen LogP contribution in [0.1, 0.15) is 67.7 Å². The van der Waals surface area contributed by atoms with E-state index in [4.69, 9.17) is 35.3 Å². The number of cyclic esters (lactones) is 1. The molecule has 0 atom stereocenters. The van der Waals surface area contributed by atoms with Gasteiger partial charge in [0.15, 0.2) is 10.8 Å². The number of aryl methyl sites for hydroxylation is 2. The van der Waals surface area contributed by atoms with Gasteiger partial charge in [-0.2, -0.15) is 46.5 Å². The van der Waals surface area contributed by atoms with Crippen LogP contribution in [0, 0.1) is 12.7 Å². The Morgan fingerprint density at radius 2 is 1.43 bits per heavy atom. The molecular weight excluding hydrogens is 1130 g/mol. The van der Waals surface area contributed by atoms with Gasteiger partial charge in [-0.3, -0.25) is 20.2 Å². The molecule has 2 aromatic carbocycles. The molecule has 26 nitrogen and oxygen atoms in total. The van der Waals surface area contributed by atoms with Crippen LogP contribution in [-0.2, 0) is 36.0 Å². The van der Waals surface area contributed by atoms with E-state index >= 15 is 0 Å². The fourth-order valence-electron chi connectivity index (χ4n) is 6.98. The predicted molar refractivity (Wildman–Crippen MR) is 275 cm³/mol. The molecule has 1 saturated carbocycles. The van der Waals surface area contributed by atoms with Gasteiger partial charge in [-0.25, -0.2) is 46.5 Å². The smallest absolute Gasteiger partial charge is 0.427 e. The quantitative estimate of drug-likeness (QED) is 0.0613. The summed E-state index contributed by atoms with van der Waals surface area (Å²) >= 11 is 6.04. The monoisotopic (exact) mass is 1180 g/mol. The average Bonchev–Trinajstić information content (AvgIpc) is 4.15. The second kappa shape index (κ2) is 26.9. The van der Waals surface area contributed by atoms with Crippen LogP contribution < -0.4 is 43.9 Å². The molecule has 33 heteroatoms. The summed E-state index contributed by atoms with van der Waals surface area (Å²) in [5.41, 5.74) is 0.0520. The normalized spacial score (nSPS) is 13.4. The maximum atomic E-state index is 14.3. The van der Waals surface area contributed by atoms with Gasteiger partial charge in [0.1, 0.15) is 17.4 Å². The summed E-state index contributed by atoms with van der Waals surface area (Å²) in [6.07, 6.45) is -2.01. The summed E-state index contributed by atoms with van der Waals surface area (Å²) in [7, 11) is -1.99. The molecular formula is C47H51ClF4N12O14S2. The van der Waals surface area contributed by atoms with Crippen molar-refractivity contribution in [3.8, 4) is 23.5 Å². The maximum absolute atomic E-state index is 14.3. The third-order valence-electron chi connectivity index (χ3n) is 10.6. The number of imide groups is 1. The highest BCUT2D eigenvalue weighted by Gasteiger charge is 2.40. The SMILES string of the molecule is CC(C)=C1OC(=O)N(c2cc(OC3CCCC3)c(Cl)cc2F)C1=O.COc1cc(OC)nc(NC(=O)NS(=O)(=O)c2ncccc2C(=O)N(C)C)n1.COc1nc(C)nc(NC(=O)NS(=O)(=O)c2ccccc2CCC(F)(F)F)n1. The number of halogens is 5. The number of hydrogen-bond donors (Lipinski definition) is 4. The number of pyridine rings is 1. The largest absolute Gasteiger partial charge is 0.489 e. The molecule has 430 valence electrons. The van der Waals surface area contributed by atoms with Crippen LogP contribution in [0.2, 0.25) is 5.02 Å². The molecule has 0 spiro atoms. The molecule has 1 saturated heterocycles. The Labute approximate surface area is 459 Å². The average molecular weight is 1180 g/mol. The number of anilines is 3. The zero-order valence-electron chi connectivity index (χ0n) is 43.6. The predicted octanol–water partition coefficient (Wildman–Crippen LogP) is 6.87. The molecule has 2 fully saturated rings. The molecule has 4 heterocycles. The Bertz CT molecular complexity index is 3380. The van der Waals surface area contributed by atoms with Crippen LogP contribution >= 0.6 is 11.6 Å². The summed E-state index contributed by atoms with van der Waals surface area (Å²) < 4.78 is 131. The first-order chi connectivity index (χ1) is 37.6. The van der Waals surface area contributed by atoms with E-state index in [9.17, 15) is 58.4 Å². The van der Waals surface area contributed by atoms with Crippen molar-refractivity contribution in [3.05, 3.63) is 99.9 Å². The van der Waals surface area contributed by atoms with Crippen LogP contribution in [0.5, 0.6) is 23.5 Å². The van der Waals surface area contributed by atoms with Crippen molar-refractivity contribution < 1.29 is 82.1 Å². The minimum atomic E-state index is -4.46. The van der Waals surface area contributed by atoms with Crippen molar-refractivity contribution in [2.24, 2.45) is 0 Å². The van der Waals surface area contributed by atoms with Crippen LogP contribution in [0.15, 0.2) is 82.0 Å². The van der Waals surface area contributed by atoms with Crippen molar-refractivity contribution >= 4 is 79.2 Å². The molecule has 1 aliphatic carbocycles. The van der Waals surface area contributed by atoms with Gasteiger partial charge in [0.05, 0.1) is 54.7 Å². The van der Waals surface area contributed by atoms with Gasteiger partial charge in [0, 0.05) is 32.8 Å². The number of hydrogen-bond acceptors (Lipinski definition) is 20. The van der Waals surface area contributed by atoms with E-state index in [1.54, 1.807) is 23.3 Å². The summed E-state index contributed by atoms with van der Waals surface area (Å²) in [6.45, 7) is 4.77. The molecule has 4 N–H and O–H groups in total. The number of sulfonamides is 2. The Hall–Kier alpha value is -8.52. The second-order valence-electron chi connectivity index (χ2n) is 17.0. The highest BCUT2D eigenvalue weighted by Crippen LogP contribution is 2.38. The number of alkyl halides is 3. The number of benzene rings is 2. The number of methoxy groups -OCH3 is 3. The lowest BCUT2D eigenvalue weighted by atomic mass is 10.1. The number of carbonyl (C=O) groups excluding carboxylic acids is 5. The van der Waals surface area contributed by atoms with Crippen molar-refractivity contribution in [2.45, 2.75) is 81.5 Å². The summed E-state index contributed by atoms with van der Waals surface area (Å²) in [5.74, 6) is -2.04. The number of urea groups is 2. The molecule has 7 amide bonds. The third kappa shape index (κ3) is 17.0. The minimum absolute atomic E-state index is 0.00962. The van der Waals surface area contributed by atoms with Crippen molar-refractivity contribution in [3.63, 3.8) is 0 Å². The van der Waals surface area contributed by atoms with E-state index in [2.05, 4.69) is 40.5 Å². The standard InChI is InChI=1S/C17H17ClFNO4.C15H16F3N5O4S.C15H18N6O6S/c1-9(2)15-16(21)20(17(22)24-15)13-8-14(11(18)7-12(13)19)23-10-5-3-4-6-10;1-9-19-12(22-14(20-9)27-2)21-13(24)23-28(25,26)11-6-4-3-5-10(11)7-8-15(16,17)18;1-21(2)13(22)9-6-5-7-16-12(9)28(24,25)20-15(23)19-14-17-10(26-3)8-11(18-14)27-4/h7-8,10H,3-6H2,1-2H3;3-6H,7-8H2,1-2H3,(H2,19,20,21,22,23,24);5-8H,1-4H3,(H2,17,18,19,20,23). The van der Waals surface area contributed by atoms with Crippen LogP contribution in [0.3, 0.4) is 0 Å². The number of ether oxygens (including phenoxy) is 5. The number of aromatic nitrogens is 6. The van der Waals surface area contributed by atoms with Crippen molar-refractivity contribution in [1.29, 1.82) is 0 Å². The lowest BCUT2D eigenvalue weighted by Crippen LogP contribution is -2.36. The Kier molecular flexibility index (Phi) is 21.0. The topological polar surface area (TPSA) is 332 Å². The lowest BCUT2D eigenvalue weighted by Gasteiger charge is -2.18. The van der Waals surface area contributed by atoms with Gasteiger partial charge < -0.3 is 28.6 Å². The molecule has 1 aliphatic heterocycles. The fourth-order valence-corrected chi connectivity index (χ4v) is 9.39. The van der Waals surface area contributed by atoms with Crippen molar-refractivity contribution in [2.75, 3.05) is 51.0 Å². The molecule has 0 bridgehead atoms. The Balaban J connectivity index is 0.000000221. The van der Waals surface area contributed by atoms with Crippen LogP contribution in [0.4, 0.5) is 49.5 Å². The zero-order chi connectivity index (χ0) is 59.3. The van der Waals surface area contributed by atoms with Gasteiger partial charge in [0.2, 0.25) is 23.7 Å². The van der Waals surface area contributed by atoms with E-state index in [-0.39, 0.29) is 74.9 Å². The zero-order valence-corrected chi connectivity index (χ0v) is 46.0. The number of rotatable bonds is 15. The van der Waals surface area contributed by atoms with Crippen LogP contribution in [-0.4, -0.2) is 129 Å². The number of allylic oxidation sites excluding steroid dienone is 1. The third-order valence-corrected chi connectivity index (χ3v) is 13.6. The van der Waals surface area contributed by atoms with Gasteiger partial charge >= 0.3 is 36.2 Å². The van der Waals surface area contributed by atoms with Crippen LogP contribution in [0.25, 0.3) is 0 Å². The van der Waals surface area contributed by atoms with E-state index in [1.165, 1.54) is 95.9 Å². The molecule has 5 aromatic rings.